The van der Waals surface area contributed by atoms with E-state index < -0.39 is 0 Å². The van der Waals surface area contributed by atoms with Crippen LogP contribution in [0.3, 0.4) is 0 Å². The fourth-order valence-corrected chi connectivity index (χ4v) is 3.47. The van der Waals surface area contributed by atoms with E-state index in [1.807, 2.05) is 0 Å². The van der Waals surface area contributed by atoms with Gasteiger partial charge in [-0.2, -0.15) is 0 Å². The largest absolute Gasteiger partial charge is 4.00 e. The van der Waals surface area contributed by atoms with Crippen molar-refractivity contribution in [3.8, 4) is 0 Å². The van der Waals surface area contributed by atoms with Gasteiger partial charge < -0.3 is 14.9 Å². The summed E-state index contributed by atoms with van der Waals surface area (Å²) in [5.74, 6) is 6.80. The van der Waals surface area contributed by atoms with Crippen LogP contribution in [0.1, 0.15) is 13.8 Å². The second kappa shape index (κ2) is 8.48. The van der Waals surface area contributed by atoms with Crippen molar-refractivity contribution in [3.05, 3.63) is 125 Å². The van der Waals surface area contributed by atoms with E-state index in [2.05, 4.69) is 88.5 Å². The molecule has 0 unspecified atom stereocenters. The van der Waals surface area contributed by atoms with E-state index >= 15 is 0 Å². The molecule has 2 fully saturated rings. The van der Waals surface area contributed by atoms with Crippen LogP contribution in [0, 0.1) is 82.0 Å². The van der Waals surface area contributed by atoms with Gasteiger partial charge in [0.15, 0.2) is 0 Å². The van der Waals surface area contributed by atoms with Gasteiger partial charge in [0.1, 0.15) is 0 Å². The Hall–Kier alpha value is -0.157. The maximum absolute atomic E-state index is 2.34. The average molecular weight is 392 g/mol. The van der Waals surface area contributed by atoms with Gasteiger partial charge in [0.2, 0.25) is 0 Å². The molecule has 0 bridgehead atoms. The first-order chi connectivity index (χ1) is 10.2. The molecular formula is C23H24Zr+2. The van der Waals surface area contributed by atoms with Crippen molar-refractivity contribution < 1.29 is 26.2 Å². The molecule has 0 heterocycles. The molecule has 10 radical (unpaired) electrons. The fourth-order valence-electron chi connectivity index (χ4n) is 3.47. The summed E-state index contributed by atoms with van der Waals surface area (Å²) in [7, 11) is 0. The molecule has 0 spiro atoms. The monoisotopic (exact) mass is 390 g/mol. The zero-order valence-corrected chi connectivity index (χ0v) is 17.4. The van der Waals surface area contributed by atoms with Crippen molar-refractivity contribution in [2.24, 2.45) is 5.41 Å². The standard InChI is InChI=1S/C21H18.2CH3.Zr/c1-21(2,16-9-4-5-10-16)20-13-7-12-18-17-11-6-3-8-15(17)14-19(18)20;;;/h3-14H,1-2H3;2*1H3;/q;2*-1;+4. The Morgan fingerprint density at radius 3 is 2.08 bits per heavy atom. The summed E-state index contributed by atoms with van der Waals surface area (Å²) >= 11 is 0. The number of rotatable bonds is 2. The smallest absolute Gasteiger partial charge is 0.358 e. The maximum atomic E-state index is 2.34. The first-order valence-corrected chi connectivity index (χ1v) is 7.48. The zero-order valence-electron chi connectivity index (χ0n) is 14.9. The minimum Gasteiger partial charge on any atom is -0.358 e. The molecule has 0 amide bonds. The van der Waals surface area contributed by atoms with E-state index in [0.717, 1.165) is 0 Å². The summed E-state index contributed by atoms with van der Waals surface area (Å²) in [5, 5.41) is 0. The van der Waals surface area contributed by atoms with Crippen LogP contribution < -0.4 is 0 Å². The Kier molecular flexibility index (Phi) is 7.74. The molecule has 24 heavy (non-hydrogen) atoms. The number of hydrogen-bond donors (Lipinski definition) is 0. The van der Waals surface area contributed by atoms with Gasteiger partial charge in [-0.1, -0.05) is 62.0 Å². The molecule has 0 saturated heterocycles. The molecule has 4 aliphatic rings. The van der Waals surface area contributed by atoms with Crippen LogP contribution in [-0.2, 0) is 26.2 Å². The third-order valence-corrected chi connectivity index (χ3v) is 4.71. The van der Waals surface area contributed by atoms with Crippen LogP contribution in [0.5, 0.6) is 0 Å². The summed E-state index contributed by atoms with van der Waals surface area (Å²) in [5.41, 5.74) is 1.43. The van der Waals surface area contributed by atoms with Gasteiger partial charge >= 0.3 is 26.2 Å². The van der Waals surface area contributed by atoms with Gasteiger partial charge in [-0.05, 0) is 43.4 Å². The average Bonchev–Trinajstić information content (AvgIpc) is 3.14. The second-order valence-corrected chi connectivity index (χ2v) is 6.30. The van der Waals surface area contributed by atoms with Crippen molar-refractivity contribution in [2.45, 2.75) is 13.8 Å². The molecule has 0 aromatic rings. The van der Waals surface area contributed by atoms with Gasteiger partial charge in [0, 0.05) is 23.7 Å². The van der Waals surface area contributed by atoms with Crippen molar-refractivity contribution in [1.82, 2.24) is 0 Å². The Bertz CT molecular complexity index is 528. The molecule has 0 N–H and O–H groups in total. The summed E-state index contributed by atoms with van der Waals surface area (Å²) in [6.07, 6.45) is 26.4. The molecule has 4 rings (SSSR count). The van der Waals surface area contributed by atoms with Crippen molar-refractivity contribution >= 4 is 0 Å². The van der Waals surface area contributed by atoms with Crippen molar-refractivity contribution in [2.75, 3.05) is 0 Å². The minimum atomic E-state index is 0. The summed E-state index contributed by atoms with van der Waals surface area (Å²) in [6.45, 7) is 4.63. The number of fused-ring (bicyclic) bond motifs is 3. The Balaban J connectivity index is 0.000000960. The SMILES string of the molecule is CC(C)([C]1[CH][CH][CH][CH]1)C1=CC=C[C]2[C]3C=CC=C[C]3[CH][C]21.[CH3-].[CH3-].[Zr+4]. The van der Waals surface area contributed by atoms with Crippen LogP contribution in [0.2, 0.25) is 0 Å². The van der Waals surface area contributed by atoms with Crippen LogP contribution in [0.25, 0.3) is 0 Å². The summed E-state index contributed by atoms with van der Waals surface area (Å²) < 4.78 is 0. The zero-order chi connectivity index (χ0) is 14.4. The van der Waals surface area contributed by atoms with Gasteiger partial charge in [0.05, 0.1) is 0 Å². The molecule has 0 aliphatic heterocycles. The maximum Gasteiger partial charge on any atom is 4.00 e. The summed E-state index contributed by atoms with van der Waals surface area (Å²) in [4.78, 5) is 0. The Morgan fingerprint density at radius 2 is 1.38 bits per heavy atom. The van der Waals surface area contributed by atoms with Crippen LogP contribution >= 0.6 is 0 Å². The van der Waals surface area contributed by atoms with Gasteiger partial charge in [0.25, 0.3) is 0 Å². The van der Waals surface area contributed by atoms with E-state index in [9.17, 15) is 0 Å². The third-order valence-electron chi connectivity index (χ3n) is 4.71. The Morgan fingerprint density at radius 1 is 0.750 bits per heavy atom. The first-order valence-electron chi connectivity index (χ1n) is 7.48. The second-order valence-electron chi connectivity index (χ2n) is 6.30. The van der Waals surface area contributed by atoms with Crippen molar-refractivity contribution in [3.63, 3.8) is 0 Å². The normalized spacial score (nSPS) is 24.7. The van der Waals surface area contributed by atoms with Crippen LogP contribution in [0.4, 0.5) is 0 Å². The predicted molar refractivity (Wildman–Crippen MR) is 99.8 cm³/mol. The Labute approximate surface area is 169 Å². The molecule has 0 nitrogen and oxygen atoms in total. The van der Waals surface area contributed by atoms with E-state index in [0.29, 0.717) is 0 Å². The molecule has 0 aromatic heterocycles. The predicted octanol–water partition coefficient (Wildman–Crippen LogP) is 5.45. The molecule has 0 aromatic carbocycles. The number of allylic oxidation sites excluding steroid dienone is 8. The van der Waals surface area contributed by atoms with Crippen LogP contribution in [0.15, 0.2) is 48.1 Å². The number of hydrogen-bond acceptors (Lipinski definition) is 0. The molecular weight excluding hydrogens is 367 g/mol. The fraction of sp³-hybridized carbons (Fsp3) is 0.130. The van der Waals surface area contributed by atoms with Crippen molar-refractivity contribution in [1.29, 1.82) is 0 Å². The van der Waals surface area contributed by atoms with Gasteiger partial charge in [-0.3, -0.25) is 0 Å². The third kappa shape index (κ3) is 3.53. The van der Waals surface area contributed by atoms with Gasteiger partial charge in [-0.15, -0.1) is 0 Å². The van der Waals surface area contributed by atoms with E-state index in [4.69, 9.17) is 0 Å². The van der Waals surface area contributed by atoms with Crippen LogP contribution in [-0.4, -0.2) is 0 Å². The molecule has 1 heteroatoms. The molecule has 2 saturated carbocycles. The summed E-state index contributed by atoms with van der Waals surface area (Å²) in [6, 6.07) is 0. The molecule has 4 aliphatic carbocycles. The van der Waals surface area contributed by atoms with E-state index in [1.165, 1.54) is 35.2 Å². The molecule has 0 atom stereocenters. The molecule has 118 valence electrons. The topological polar surface area (TPSA) is 0 Å². The minimum absolute atomic E-state index is 0. The van der Waals surface area contributed by atoms with E-state index in [-0.39, 0.29) is 46.5 Å². The van der Waals surface area contributed by atoms with E-state index in [1.54, 1.807) is 0 Å². The first kappa shape index (κ1) is 21.9. The van der Waals surface area contributed by atoms with Gasteiger partial charge in [-0.25, -0.2) is 0 Å². The quantitative estimate of drug-likeness (QED) is 0.549.